The topological polar surface area (TPSA) is 61.8 Å². The predicted molar refractivity (Wildman–Crippen MR) is 110 cm³/mol. The van der Waals surface area contributed by atoms with Gasteiger partial charge in [-0.15, -0.1) is 0 Å². The van der Waals surface area contributed by atoms with E-state index in [1.54, 1.807) is 6.20 Å². The van der Waals surface area contributed by atoms with E-state index in [2.05, 4.69) is 48.2 Å². The molecule has 0 aromatic carbocycles. The van der Waals surface area contributed by atoms with E-state index in [-0.39, 0.29) is 0 Å². The van der Waals surface area contributed by atoms with Crippen LogP contribution < -0.4 is 15.4 Å². The number of aliphatic imine (C=N–C) groups is 1. The van der Waals surface area contributed by atoms with Crippen molar-refractivity contribution in [1.29, 1.82) is 0 Å². The van der Waals surface area contributed by atoms with Gasteiger partial charge >= 0.3 is 0 Å². The Kier molecular flexibility index (Phi) is 11.4. The molecule has 0 amide bonds. The molecule has 6 heteroatoms. The van der Waals surface area contributed by atoms with Crippen LogP contribution in [0.3, 0.4) is 0 Å². The van der Waals surface area contributed by atoms with Gasteiger partial charge in [0.25, 0.3) is 0 Å². The summed E-state index contributed by atoms with van der Waals surface area (Å²) in [5.41, 5.74) is 1.00. The van der Waals surface area contributed by atoms with Gasteiger partial charge in [-0.25, -0.2) is 9.98 Å². The van der Waals surface area contributed by atoms with E-state index in [0.29, 0.717) is 25.1 Å². The van der Waals surface area contributed by atoms with E-state index in [0.717, 1.165) is 44.1 Å². The van der Waals surface area contributed by atoms with E-state index in [1.807, 2.05) is 19.1 Å². The van der Waals surface area contributed by atoms with Gasteiger partial charge in [-0.05, 0) is 59.3 Å². The third-order valence-corrected chi connectivity index (χ3v) is 4.27. The van der Waals surface area contributed by atoms with Gasteiger partial charge in [0.15, 0.2) is 5.96 Å². The van der Waals surface area contributed by atoms with Gasteiger partial charge in [0, 0.05) is 24.3 Å². The largest absolute Gasteiger partial charge is 0.478 e. The molecule has 0 spiro atoms. The minimum absolute atomic E-state index is 0.378. The van der Waals surface area contributed by atoms with Gasteiger partial charge in [0.05, 0.1) is 13.2 Å². The molecular weight excluding hydrogens is 326 g/mol. The van der Waals surface area contributed by atoms with Crippen molar-refractivity contribution in [2.24, 2.45) is 4.99 Å². The standard InChI is InChI=1S/C20H37N5O/c1-6-21-20(24-17(5)12-11-15-25(7-2)8-3)23-16-18-13-10-14-22-19(18)26-9-4/h10,13-14,17H,6-9,11-12,15-16H2,1-5H3,(H2,21,23,24). The molecule has 0 aliphatic rings. The lowest BCUT2D eigenvalue weighted by molar-refractivity contribution is 0.292. The first-order chi connectivity index (χ1) is 12.6. The van der Waals surface area contributed by atoms with Crippen LogP contribution in [-0.2, 0) is 6.54 Å². The molecule has 1 heterocycles. The lowest BCUT2D eigenvalue weighted by Crippen LogP contribution is -2.42. The van der Waals surface area contributed by atoms with Crippen LogP contribution in [0, 0.1) is 0 Å². The molecule has 26 heavy (non-hydrogen) atoms. The Morgan fingerprint density at radius 3 is 2.69 bits per heavy atom. The van der Waals surface area contributed by atoms with Gasteiger partial charge in [0.2, 0.25) is 5.88 Å². The number of aromatic nitrogens is 1. The molecule has 1 aromatic heterocycles. The zero-order valence-corrected chi connectivity index (χ0v) is 17.2. The fourth-order valence-electron chi connectivity index (χ4n) is 2.76. The van der Waals surface area contributed by atoms with Crippen LogP contribution >= 0.6 is 0 Å². The van der Waals surface area contributed by atoms with Crippen LogP contribution in [0.5, 0.6) is 5.88 Å². The zero-order valence-electron chi connectivity index (χ0n) is 17.2. The number of nitrogens with one attached hydrogen (secondary N) is 2. The summed E-state index contributed by atoms with van der Waals surface area (Å²) in [6.07, 6.45) is 4.06. The van der Waals surface area contributed by atoms with Crippen molar-refractivity contribution in [3.05, 3.63) is 23.9 Å². The predicted octanol–water partition coefficient (Wildman–Crippen LogP) is 3.05. The zero-order chi connectivity index (χ0) is 19.2. The second-order valence-electron chi connectivity index (χ2n) is 6.31. The third kappa shape index (κ3) is 8.52. The number of pyridine rings is 1. The highest BCUT2D eigenvalue weighted by Crippen LogP contribution is 2.15. The van der Waals surface area contributed by atoms with Crippen LogP contribution in [0.4, 0.5) is 0 Å². The Labute approximate surface area is 159 Å². The van der Waals surface area contributed by atoms with E-state index >= 15 is 0 Å². The molecule has 1 aromatic rings. The molecule has 6 nitrogen and oxygen atoms in total. The Morgan fingerprint density at radius 1 is 1.27 bits per heavy atom. The normalized spacial score (nSPS) is 12.9. The lowest BCUT2D eigenvalue weighted by atomic mass is 10.2. The van der Waals surface area contributed by atoms with Crippen LogP contribution in [0.2, 0.25) is 0 Å². The van der Waals surface area contributed by atoms with E-state index in [4.69, 9.17) is 9.73 Å². The SMILES string of the molecule is CCNC(=NCc1cccnc1OCC)NC(C)CCCN(CC)CC. The Bertz CT molecular complexity index is 517. The smallest absolute Gasteiger partial charge is 0.218 e. The van der Waals surface area contributed by atoms with Gasteiger partial charge in [-0.3, -0.25) is 0 Å². The van der Waals surface area contributed by atoms with Crippen molar-refractivity contribution in [3.8, 4) is 5.88 Å². The quantitative estimate of drug-likeness (QED) is 0.441. The van der Waals surface area contributed by atoms with Crippen LogP contribution in [0.1, 0.15) is 53.0 Å². The van der Waals surface area contributed by atoms with Crippen molar-refractivity contribution in [2.75, 3.05) is 32.8 Å². The average molecular weight is 364 g/mol. The van der Waals surface area contributed by atoms with Crippen LogP contribution in [0.25, 0.3) is 0 Å². The van der Waals surface area contributed by atoms with E-state index < -0.39 is 0 Å². The molecule has 0 aliphatic heterocycles. The van der Waals surface area contributed by atoms with Gasteiger partial charge < -0.3 is 20.3 Å². The highest BCUT2D eigenvalue weighted by molar-refractivity contribution is 5.80. The summed E-state index contributed by atoms with van der Waals surface area (Å²) in [6, 6.07) is 4.31. The average Bonchev–Trinajstić information content (AvgIpc) is 2.65. The first-order valence-corrected chi connectivity index (χ1v) is 9.98. The molecule has 0 radical (unpaired) electrons. The number of nitrogens with zero attached hydrogens (tertiary/aromatic N) is 3. The summed E-state index contributed by atoms with van der Waals surface area (Å²) in [6.45, 7) is 16.1. The summed E-state index contributed by atoms with van der Waals surface area (Å²) < 4.78 is 5.58. The van der Waals surface area contributed by atoms with Crippen molar-refractivity contribution in [3.63, 3.8) is 0 Å². The maximum atomic E-state index is 5.58. The highest BCUT2D eigenvalue weighted by atomic mass is 16.5. The highest BCUT2D eigenvalue weighted by Gasteiger charge is 2.08. The molecule has 1 atom stereocenters. The van der Waals surface area contributed by atoms with Crippen molar-refractivity contribution in [2.45, 2.75) is 60.0 Å². The molecule has 0 aliphatic carbocycles. The molecular formula is C20H37N5O. The number of rotatable bonds is 12. The van der Waals surface area contributed by atoms with Crippen molar-refractivity contribution in [1.82, 2.24) is 20.5 Å². The number of hydrogen-bond acceptors (Lipinski definition) is 4. The summed E-state index contributed by atoms with van der Waals surface area (Å²) >= 11 is 0. The third-order valence-electron chi connectivity index (χ3n) is 4.27. The Hall–Kier alpha value is -1.82. The summed E-state index contributed by atoms with van der Waals surface area (Å²) in [4.78, 5) is 11.5. The molecule has 0 saturated carbocycles. The van der Waals surface area contributed by atoms with Crippen molar-refractivity contribution >= 4 is 5.96 Å². The monoisotopic (exact) mass is 363 g/mol. The fraction of sp³-hybridized carbons (Fsp3) is 0.700. The second kappa shape index (κ2) is 13.4. The Balaban J connectivity index is 2.57. The molecule has 1 unspecified atom stereocenters. The molecule has 0 fully saturated rings. The van der Waals surface area contributed by atoms with Crippen molar-refractivity contribution < 1.29 is 4.74 Å². The molecule has 0 saturated heterocycles. The van der Waals surface area contributed by atoms with Crippen LogP contribution in [0.15, 0.2) is 23.3 Å². The molecule has 1 rings (SSSR count). The first-order valence-electron chi connectivity index (χ1n) is 9.98. The van der Waals surface area contributed by atoms with Gasteiger partial charge in [0.1, 0.15) is 0 Å². The molecule has 2 N–H and O–H groups in total. The van der Waals surface area contributed by atoms with Gasteiger partial charge in [-0.2, -0.15) is 0 Å². The minimum atomic E-state index is 0.378. The summed E-state index contributed by atoms with van der Waals surface area (Å²) in [5.74, 6) is 1.51. The summed E-state index contributed by atoms with van der Waals surface area (Å²) in [7, 11) is 0. The maximum absolute atomic E-state index is 5.58. The number of ether oxygens (including phenoxy) is 1. The lowest BCUT2D eigenvalue weighted by Gasteiger charge is -2.21. The summed E-state index contributed by atoms with van der Waals surface area (Å²) in [5, 5.41) is 6.83. The minimum Gasteiger partial charge on any atom is -0.478 e. The van der Waals surface area contributed by atoms with E-state index in [9.17, 15) is 0 Å². The maximum Gasteiger partial charge on any atom is 0.218 e. The second-order valence-corrected chi connectivity index (χ2v) is 6.31. The van der Waals surface area contributed by atoms with E-state index in [1.165, 1.54) is 6.42 Å². The first kappa shape index (κ1) is 22.2. The molecule has 0 bridgehead atoms. The van der Waals surface area contributed by atoms with Gasteiger partial charge in [-0.1, -0.05) is 19.9 Å². The van der Waals surface area contributed by atoms with Crippen LogP contribution in [-0.4, -0.2) is 54.7 Å². The number of guanidine groups is 1. The fourth-order valence-corrected chi connectivity index (χ4v) is 2.76. The number of hydrogen-bond donors (Lipinski definition) is 2. The molecule has 148 valence electrons. The Morgan fingerprint density at radius 2 is 2.04 bits per heavy atom.